The summed E-state index contributed by atoms with van der Waals surface area (Å²) < 4.78 is 9.91. The van der Waals surface area contributed by atoms with E-state index in [1.165, 1.54) is 0 Å². The van der Waals surface area contributed by atoms with Crippen LogP contribution in [0, 0.1) is 0 Å². The highest BCUT2D eigenvalue weighted by Gasteiger charge is 1.97. The maximum Gasteiger partial charge on any atom is 0.207 e. The van der Waals surface area contributed by atoms with E-state index in [1.807, 2.05) is 6.92 Å². The molecule has 0 aromatic rings. The molecule has 0 aromatic heterocycles. The average Bonchev–Trinajstić information content (AvgIpc) is 1.99. The molecule has 0 saturated heterocycles. The second-order valence-corrected chi connectivity index (χ2v) is 2.25. The molecule has 0 radical (unpaired) electrons. The Hall–Kier alpha value is -0.610. The summed E-state index contributed by atoms with van der Waals surface area (Å²) in [5, 5.41) is 2.58. The smallest absolute Gasteiger partial charge is 0.207 e. The number of carbonyl (C=O) groups is 1. The Morgan fingerprint density at radius 2 is 2.27 bits per heavy atom. The summed E-state index contributed by atoms with van der Waals surface area (Å²) in [5.41, 5.74) is 0. The molecule has 0 saturated carbocycles. The third-order valence-electron chi connectivity index (χ3n) is 1.15. The fraction of sp³-hybridized carbons (Fsp3) is 0.857. The summed E-state index contributed by atoms with van der Waals surface area (Å²) in [7, 11) is 1.62. The SMILES string of the molecule is COCCOCC(C)NC=O. The van der Waals surface area contributed by atoms with Gasteiger partial charge in [0.05, 0.1) is 19.8 Å². The van der Waals surface area contributed by atoms with E-state index in [1.54, 1.807) is 7.11 Å². The number of nitrogens with one attached hydrogen (secondary N) is 1. The van der Waals surface area contributed by atoms with Gasteiger partial charge in [-0.25, -0.2) is 0 Å². The summed E-state index contributed by atoms with van der Waals surface area (Å²) in [6, 6.07) is 0.0735. The zero-order valence-corrected chi connectivity index (χ0v) is 7.00. The minimum atomic E-state index is 0.0735. The average molecular weight is 161 g/mol. The number of carbonyl (C=O) groups excluding carboxylic acids is 1. The fourth-order valence-electron chi connectivity index (χ4n) is 0.567. The van der Waals surface area contributed by atoms with Crippen molar-refractivity contribution in [3.8, 4) is 0 Å². The minimum Gasteiger partial charge on any atom is -0.382 e. The van der Waals surface area contributed by atoms with Crippen molar-refractivity contribution in [1.29, 1.82) is 0 Å². The van der Waals surface area contributed by atoms with Gasteiger partial charge in [0.25, 0.3) is 0 Å². The van der Waals surface area contributed by atoms with E-state index in [-0.39, 0.29) is 6.04 Å². The zero-order valence-electron chi connectivity index (χ0n) is 7.00. The van der Waals surface area contributed by atoms with E-state index in [0.29, 0.717) is 26.2 Å². The van der Waals surface area contributed by atoms with Gasteiger partial charge in [0, 0.05) is 13.2 Å². The van der Waals surface area contributed by atoms with Crippen LogP contribution in [0.25, 0.3) is 0 Å². The molecule has 0 heterocycles. The Balaban J connectivity index is 3.03. The van der Waals surface area contributed by atoms with E-state index in [0.717, 1.165) is 0 Å². The van der Waals surface area contributed by atoms with Crippen LogP contribution in [0.1, 0.15) is 6.92 Å². The molecular formula is C7H15NO3. The van der Waals surface area contributed by atoms with Gasteiger partial charge in [-0.15, -0.1) is 0 Å². The molecule has 66 valence electrons. The molecule has 1 atom stereocenters. The lowest BCUT2D eigenvalue weighted by atomic mass is 10.4. The predicted molar refractivity (Wildman–Crippen MR) is 41.4 cm³/mol. The van der Waals surface area contributed by atoms with Gasteiger partial charge in [-0.1, -0.05) is 0 Å². The largest absolute Gasteiger partial charge is 0.382 e. The predicted octanol–water partition coefficient (Wildman–Crippen LogP) is -0.216. The van der Waals surface area contributed by atoms with Crippen LogP contribution < -0.4 is 5.32 Å². The van der Waals surface area contributed by atoms with Crippen LogP contribution in [-0.4, -0.2) is 39.4 Å². The van der Waals surface area contributed by atoms with Crippen LogP contribution in [0.3, 0.4) is 0 Å². The van der Waals surface area contributed by atoms with Gasteiger partial charge < -0.3 is 14.8 Å². The highest BCUT2D eigenvalue weighted by Crippen LogP contribution is 1.82. The first kappa shape index (κ1) is 10.4. The van der Waals surface area contributed by atoms with E-state index in [9.17, 15) is 4.79 Å². The number of hydrogen-bond donors (Lipinski definition) is 1. The van der Waals surface area contributed by atoms with Crippen LogP contribution >= 0.6 is 0 Å². The Morgan fingerprint density at radius 1 is 1.55 bits per heavy atom. The maximum absolute atomic E-state index is 9.91. The number of rotatable bonds is 7. The number of ether oxygens (including phenoxy) is 2. The number of amides is 1. The summed E-state index contributed by atoms with van der Waals surface area (Å²) in [6.07, 6.45) is 0.671. The molecule has 0 rings (SSSR count). The van der Waals surface area contributed by atoms with Gasteiger partial charge in [-0.05, 0) is 6.92 Å². The molecule has 1 N–H and O–H groups in total. The molecule has 0 aliphatic carbocycles. The molecule has 0 aromatic carbocycles. The van der Waals surface area contributed by atoms with Crippen molar-refractivity contribution in [2.24, 2.45) is 0 Å². The summed E-state index contributed by atoms with van der Waals surface area (Å²) in [6.45, 7) is 3.57. The van der Waals surface area contributed by atoms with Crippen LogP contribution in [0.2, 0.25) is 0 Å². The van der Waals surface area contributed by atoms with E-state index in [4.69, 9.17) is 9.47 Å². The molecule has 0 fully saturated rings. The lowest BCUT2D eigenvalue weighted by Gasteiger charge is -2.09. The topological polar surface area (TPSA) is 47.6 Å². The molecule has 1 amide bonds. The van der Waals surface area contributed by atoms with Gasteiger partial charge in [0.1, 0.15) is 0 Å². The summed E-state index contributed by atoms with van der Waals surface area (Å²) >= 11 is 0. The molecule has 4 nitrogen and oxygen atoms in total. The number of hydrogen-bond acceptors (Lipinski definition) is 3. The molecule has 0 bridgehead atoms. The summed E-state index contributed by atoms with van der Waals surface area (Å²) in [4.78, 5) is 9.91. The van der Waals surface area contributed by atoms with Crippen LogP contribution in [0.5, 0.6) is 0 Å². The van der Waals surface area contributed by atoms with Crippen LogP contribution in [0.4, 0.5) is 0 Å². The van der Waals surface area contributed by atoms with Crippen molar-refractivity contribution in [3.63, 3.8) is 0 Å². The first-order valence-electron chi connectivity index (χ1n) is 3.57. The normalized spacial score (nSPS) is 12.5. The monoisotopic (exact) mass is 161 g/mol. The van der Waals surface area contributed by atoms with Gasteiger partial charge in [-0.2, -0.15) is 0 Å². The fourth-order valence-corrected chi connectivity index (χ4v) is 0.567. The van der Waals surface area contributed by atoms with Crippen molar-refractivity contribution in [1.82, 2.24) is 5.32 Å². The van der Waals surface area contributed by atoms with Gasteiger partial charge in [0.2, 0.25) is 6.41 Å². The Labute approximate surface area is 66.9 Å². The highest BCUT2D eigenvalue weighted by atomic mass is 16.5. The quantitative estimate of drug-likeness (QED) is 0.415. The Kier molecular flexibility index (Phi) is 7.08. The van der Waals surface area contributed by atoms with Gasteiger partial charge in [-0.3, -0.25) is 4.79 Å². The first-order chi connectivity index (χ1) is 5.31. The van der Waals surface area contributed by atoms with Crippen LogP contribution in [0.15, 0.2) is 0 Å². The molecular weight excluding hydrogens is 146 g/mol. The lowest BCUT2D eigenvalue weighted by molar-refractivity contribution is -0.110. The second kappa shape index (κ2) is 7.50. The zero-order chi connectivity index (χ0) is 8.53. The van der Waals surface area contributed by atoms with Gasteiger partial charge >= 0.3 is 0 Å². The van der Waals surface area contributed by atoms with E-state index >= 15 is 0 Å². The Morgan fingerprint density at radius 3 is 2.82 bits per heavy atom. The molecule has 0 aliphatic heterocycles. The highest BCUT2D eigenvalue weighted by molar-refractivity contribution is 5.46. The molecule has 1 unspecified atom stereocenters. The van der Waals surface area contributed by atoms with Crippen molar-refractivity contribution < 1.29 is 14.3 Å². The lowest BCUT2D eigenvalue weighted by Crippen LogP contribution is -2.29. The van der Waals surface area contributed by atoms with Gasteiger partial charge in [0.15, 0.2) is 0 Å². The Bertz CT molecular complexity index is 97.7. The molecule has 11 heavy (non-hydrogen) atoms. The second-order valence-electron chi connectivity index (χ2n) is 2.25. The third kappa shape index (κ3) is 7.29. The first-order valence-corrected chi connectivity index (χ1v) is 3.57. The third-order valence-corrected chi connectivity index (χ3v) is 1.15. The summed E-state index contributed by atoms with van der Waals surface area (Å²) in [5.74, 6) is 0. The van der Waals surface area contributed by atoms with E-state index in [2.05, 4.69) is 5.32 Å². The van der Waals surface area contributed by atoms with Crippen molar-refractivity contribution in [2.75, 3.05) is 26.9 Å². The van der Waals surface area contributed by atoms with E-state index < -0.39 is 0 Å². The standard InChI is InChI=1S/C7H15NO3/c1-7(8-6-9)5-11-4-3-10-2/h6-7H,3-5H2,1-2H3,(H,8,9). The molecule has 0 spiro atoms. The maximum atomic E-state index is 9.91. The van der Waals surface area contributed by atoms with Crippen molar-refractivity contribution >= 4 is 6.41 Å². The van der Waals surface area contributed by atoms with Crippen molar-refractivity contribution in [3.05, 3.63) is 0 Å². The molecule has 4 heteroatoms. The molecule has 0 aliphatic rings. The van der Waals surface area contributed by atoms with Crippen LogP contribution in [-0.2, 0) is 14.3 Å². The minimum absolute atomic E-state index is 0.0735. The number of methoxy groups -OCH3 is 1. The van der Waals surface area contributed by atoms with Crippen molar-refractivity contribution in [2.45, 2.75) is 13.0 Å².